The maximum absolute atomic E-state index is 12.5. The summed E-state index contributed by atoms with van der Waals surface area (Å²) in [6.45, 7) is 8.41. The predicted octanol–water partition coefficient (Wildman–Crippen LogP) is 1.69. The Balaban J connectivity index is 2.15. The van der Waals surface area contributed by atoms with Crippen LogP contribution in [0.25, 0.3) is 0 Å². The molecule has 0 spiro atoms. The first kappa shape index (κ1) is 13.6. The molecule has 4 heteroatoms. The minimum atomic E-state index is 0.0352. The molecular formula is C15H20N2O2. The molecule has 1 fully saturated rings. The van der Waals surface area contributed by atoms with Crippen molar-refractivity contribution in [1.82, 2.24) is 10.2 Å². The molecule has 0 radical (unpaired) electrons. The second kappa shape index (κ2) is 6.38. The Labute approximate surface area is 114 Å². The molecule has 4 nitrogen and oxygen atoms in total. The van der Waals surface area contributed by atoms with Crippen LogP contribution in [0.15, 0.2) is 36.9 Å². The van der Waals surface area contributed by atoms with Gasteiger partial charge in [0.05, 0.1) is 5.56 Å². The van der Waals surface area contributed by atoms with Gasteiger partial charge in [0.1, 0.15) is 12.4 Å². The predicted molar refractivity (Wildman–Crippen MR) is 75.5 cm³/mol. The lowest BCUT2D eigenvalue weighted by Crippen LogP contribution is -2.51. The largest absolute Gasteiger partial charge is 0.489 e. The Bertz CT molecular complexity index is 459. The molecule has 2 rings (SSSR count). The summed E-state index contributed by atoms with van der Waals surface area (Å²) in [5.74, 6) is 0.659. The number of hydrogen-bond donors (Lipinski definition) is 1. The number of piperazine rings is 1. The molecule has 1 saturated heterocycles. The Morgan fingerprint density at radius 2 is 2.37 bits per heavy atom. The fourth-order valence-corrected chi connectivity index (χ4v) is 2.21. The molecule has 1 aromatic rings. The summed E-state index contributed by atoms with van der Waals surface area (Å²) in [5.41, 5.74) is 0.624. The third-order valence-electron chi connectivity index (χ3n) is 3.13. The first-order valence-electron chi connectivity index (χ1n) is 6.57. The standard InChI is InChI=1S/C15H20N2O2/c1-3-10-19-14-7-5-4-6-13(14)15(18)17-9-8-16-12(2)11-17/h3-7,12,16H,1,8-11H2,2H3. The molecule has 1 atom stereocenters. The van der Waals surface area contributed by atoms with E-state index in [-0.39, 0.29) is 5.91 Å². The highest BCUT2D eigenvalue weighted by molar-refractivity contribution is 5.97. The molecule has 1 N–H and O–H groups in total. The maximum atomic E-state index is 12.5. The summed E-state index contributed by atoms with van der Waals surface area (Å²) in [4.78, 5) is 14.4. The van der Waals surface area contributed by atoms with Gasteiger partial charge < -0.3 is 15.0 Å². The Morgan fingerprint density at radius 3 is 3.11 bits per heavy atom. The first-order chi connectivity index (χ1) is 9.22. The van der Waals surface area contributed by atoms with Crippen LogP contribution in [-0.2, 0) is 0 Å². The molecule has 1 unspecified atom stereocenters. The van der Waals surface area contributed by atoms with E-state index < -0.39 is 0 Å². The lowest BCUT2D eigenvalue weighted by Gasteiger charge is -2.32. The van der Waals surface area contributed by atoms with Crippen molar-refractivity contribution >= 4 is 5.91 Å². The van der Waals surface area contributed by atoms with Crippen molar-refractivity contribution in [2.24, 2.45) is 0 Å². The summed E-state index contributed by atoms with van der Waals surface area (Å²) < 4.78 is 5.54. The number of amides is 1. The van der Waals surface area contributed by atoms with Gasteiger partial charge in [-0.15, -0.1) is 0 Å². The Hall–Kier alpha value is -1.81. The van der Waals surface area contributed by atoms with Crippen LogP contribution >= 0.6 is 0 Å². The second-order valence-electron chi connectivity index (χ2n) is 4.70. The van der Waals surface area contributed by atoms with Crippen molar-refractivity contribution < 1.29 is 9.53 Å². The highest BCUT2D eigenvalue weighted by atomic mass is 16.5. The van der Waals surface area contributed by atoms with Crippen molar-refractivity contribution in [2.45, 2.75) is 13.0 Å². The zero-order valence-corrected chi connectivity index (χ0v) is 11.3. The molecule has 1 heterocycles. The van der Waals surface area contributed by atoms with Gasteiger partial charge in [0, 0.05) is 25.7 Å². The third-order valence-corrected chi connectivity index (χ3v) is 3.13. The smallest absolute Gasteiger partial charge is 0.257 e. The van der Waals surface area contributed by atoms with Crippen molar-refractivity contribution in [3.8, 4) is 5.75 Å². The zero-order chi connectivity index (χ0) is 13.7. The second-order valence-corrected chi connectivity index (χ2v) is 4.70. The van der Waals surface area contributed by atoms with Crippen LogP contribution in [-0.4, -0.2) is 43.1 Å². The minimum absolute atomic E-state index is 0.0352. The number of carbonyl (C=O) groups is 1. The molecule has 0 saturated carbocycles. The number of nitrogens with one attached hydrogen (secondary N) is 1. The van der Waals surface area contributed by atoms with E-state index in [1.54, 1.807) is 6.08 Å². The van der Waals surface area contributed by atoms with E-state index in [9.17, 15) is 4.79 Å². The van der Waals surface area contributed by atoms with Gasteiger partial charge in [0.25, 0.3) is 5.91 Å². The molecule has 1 aliphatic rings. The Morgan fingerprint density at radius 1 is 1.58 bits per heavy atom. The molecule has 102 valence electrons. The van der Waals surface area contributed by atoms with E-state index >= 15 is 0 Å². The summed E-state index contributed by atoms with van der Waals surface area (Å²) in [7, 11) is 0. The fourth-order valence-electron chi connectivity index (χ4n) is 2.21. The summed E-state index contributed by atoms with van der Waals surface area (Å²) in [6.07, 6.45) is 1.67. The van der Waals surface area contributed by atoms with Crippen LogP contribution in [0.4, 0.5) is 0 Å². The average molecular weight is 260 g/mol. The van der Waals surface area contributed by atoms with Gasteiger partial charge in [-0.2, -0.15) is 0 Å². The third kappa shape index (κ3) is 3.35. The van der Waals surface area contributed by atoms with Crippen LogP contribution < -0.4 is 10.1 Å². The quantitative estimate of drug-likeness (QED) is 0.838. The lowest BCUT2D eigenvalue weighted by molar-refractivity contribution is 0.0705. The summed E-state index contributed by atoms with van der Waals surface area (Å²) in [5, 5.41) is 3.33. The summed E-state index contributed by atoms with van der Waals surface area (Å²) >= 11 is 0. The van der Waals surface area contributed by atoms with Gasteiger partial charge in [-0.05, 0) is 19.1 Å². The summed E-state index contributed by atoms with van der Waals surface area (Å²) in [6, 6.07) is 7.70. The molecule has 1 amide bonds. The molecule has 0 bridgehead atoms. The topological polar surface area (TPSA) is 41.6 Å². The number of ether oxygens (including phenoxy) is 1. The first-order valence-corrected chi connectivity index (χ1v) is 6.57. The molecule has 0 aliphatic carbocycles. The number of benzene rings is 1. The molecule has 0 aromatic heterocycles. The van der Waals surface area contributed by atoms with E-state index in [1.165, 1.54) is 0 Å². The number of carbonyl (C=O) groups excluding carboxylic acids is 1. The van der Waals surface area contributed by atoms with E-state index in [2.05, 4.69) is 18.8 Å². The fraction of sp³-hybridized carbons (Fsp3) is 0.400. The highest BCUT2D eigenvalue weighted by Gasteiger charge is 2.23. The van der Waals surface area contributed by atoms with Crippen molar-refractivity contribution in [3.05, 3.63) is 42.5 Å². The minimum Gasteiger partial charge on any atom is -0.489 e. The SMILES string of the molecule is C=CCOc1ccccc1C(=O)N1CCNC(C)C1. The number of hydrogen-bond acceptors (Lipinski definition) is 3. The van der Waals surface area contributed by atoms with E-state index in [0.717, 1.165) is 19.6 Å². The molecule has 19 heavy (non-hydrogen) atoms. The van der Waals surface area contributed by atoms with Crippen LogP contribution in [0.2, 0.25) is 0 Å². The maximum Gasteiger partial charge on any atom is 0.257 e. The van der Waals surface area contributed by atoms with Gasteiger partial charge >= 0.3 is 0 Å². The normalized spacial score (nSPS) is 19.0. The molecule has 1 aromatic carbocycles. The number of para-hydroxylation sites is 1. The highest BCUT2D eigenvalue weighted by Crippen LogP contribution is 2.20. The lowest BCUT2D eigenvalue weighted by atomic mass is 10.1. The van der Waals surface area contributed by atoms with Gasteiger partial charge in [-0.25, -0.2) is 0 Å². The van der Waals surface area contributed by atoms with E-state index in [0.29, 0.717) is 24.0 Å². The monoisotopic (exact) mass is 260 g/mol. The molecule has 1 aliphatic heterocycles. The van der Waals surface area contributed by atoms with Gasteiger partial charge in [0.2, 0.25) is 0 Å². The Kier molecular flexibility index (Phi) is 4.58. The van der Waals surface area contributed by atoms with Gasteiger partial charge in [0.15, 0.2) is 0 Å². The van der Waals surface area contributed by atoms with Crippen molar-refractivity contribution in [3.63, 3.8) is 0 Å². The zero-order valence-electron chi connectivity index (χ0n) is 11.3. The van der Waals surface area contributed by atoms with Crippen LogP contribution in [0.3, 0.4) is 0 Å². The van der Waals surface area contributed by atoms with Gasteiger partial charge in [-0.1, -0.05) is 24.8 Å². The van der Waals surface area contributed by atoms with E-state index in [1.807, 2.05) is 29.2 Å². The van der Waals surface area contributed by atoms with Crippen LogP contribution in [0.5, 0.6) is 5.75 Å². The van der Waals surface area contributed by atoms with Crippen LogP contribution in [0, 0.1) is 0 Å². The van der Waals surface area contributed by atoms with Crippen molar-refractivity contribution in [2.75, 3.05) is 26.2 Å². The molecular weight excluding hydrogens is 240 g/mol. The number of nitrogens with zero attached hydrogens (tertiary/aromatic N) is 1. The average Bonchev–Trinajstić information content (AvgIpc) is 2.44. The van der Waals surface area contributed by atoms with Crippen LogP contribution in [0.1, 0.15) is 17.3 Å². The van der Waals surface area contributed by atoms with Crippen molar-refractivity contribution in [1.29, 1.82) is 0 Å². The van der Waals surface area contributed by atoms with Gasteiger partial charge in [-0.3, -0.25) is 4.79 Å². The number of rotatable bonds is 4. The van der Waals surface area contributed by atoms with E-state index in [4.69, 9.17) is 4.74 Å².